The van der Waals surface area contributed by atoms with Gasteiger partial charge in [-0.05, 0) is 12.1 Å². The van der Waals surface area contributed by atoms with Crippen molar-refractivity contribution < 1.29 is 4.79 Å². The van der Waals surface area contributed by atoms with Crippen LogP contribution in [-0.2, 0) is 0 Å². The quantitative estimate of drug-likeness (QED) is 0.542. The molecule has 0 aliphatic heterocycles. The Hall–Kier alpha value is 2.37. The second kappa shape index (κ2) is 11.4. The molecule has 0 amide bonds. The van der Waals surface area contributed by atoms with Crippen LogP contribution in [0.5, 0.6) is 0 Å². The maximum atomic E-state index is 10.1. The van der Waals surface area contributed by atoms with Crippen LogP contribution in [0.25, 0.3) is 0 Å². The Labute approximate surface area is 147 Å². The zero-order chi connectivity index (χ0) is 6.69. The Kier molecular flexibility index (Phi) is 19.0. The van der Waals surface area contributed by atoms with E-state index in [1.165, 1.54) is 0 Å². The predicted molar refractivity (Wildman–Crippen MR) is 56.8 cm³/mol. The minimum absolute atomic E-state index is 0. The average Bonchev–Trinajstić information content (AvgIpc) is 1.88. The molecule has 0 heterocycles. The second-order valence-corrected chi connectivity index (χ2v) is 2.59. The predicted octanol–water partition coefficient (Wildman–Crippen LogP) is 1.12. The van der Waals surface area contributed by atoms with Crippen LogP contribution in [0.15, 0.2) is 28.7 Å². The normalized spacial score (nSPS) is 6.75. The molecule has 1 nitrogen and oxygen atoms in total. The summed E-state index contributed by atoms with van der Waals surface area (Å²) in [7, 11) is 0. The van der Waals surface area contributed by atoms with Crippen molar-refractivity contribution in [3.63, 3.8) is 0 Å². The molecule has 0 fully saturated rings. The third-order valence-corrected chi connectivity index (χ3v) is 1.48. The van der Waals surface area contributed by atoms with Crippen molar-refractivity contribution in [1.29, 1.82) is 0 Å². The summed E-state index contributed by atoms with van der Waals surface area (Å²) >= 11 is 3.24. The zero-order valence-electron chi connectivity index (χ0n) is 7.67. The molecule has 0 spiro atoms. The topological polar surface area (TPSA) is 17.1 Å². The number of benzene rings is 1. The average molecular weight is 254 g/mol. The molecule has 0 saturated carbocycles. The van der Waals surface area contributed by atoms with Gasteiger partial charge in [0.15, 0.2) is 0 Å². The van der Waals surface area contributed by atoms with E-state index in [1.807, 2.05) is 12.1 Å². The van der Waals surface area contributed by atoms with Gasteiger partial charge >= 0.3 is 0 Å². The largest absolute Gasteiger partial charge is 0.298 e. The Morgan fingerprint density at radius 3 is 2.08 bits per heavy atom. The van der Waals surface area contributed by atoms with Gasteiger partial charge in [-0.3, -0.25) is 4.79 Å². The smallest absolute Gasteiger partial charge is 0.150 e. The van der Waals surface area contributed by atoms with Gasteiger partial charge in [-0.25, -0.2) is 0 Å². The molecule has 1 aromatic carbocycles. The van der Waals surface area contributed by atoms with Crippen molar-refractivity contribution in [3.8, 4) is 0 Å². The summed E-state index contributed by atoms with van der Waals surface area (Å²) < 4.78 is 0.937. The summed E-state index contributed by atoms with van der Waals surface area (Å²) in [5.41, 5.74) is 0.698. The Morgan fingerprint density at radius 1 is 1.17 bits per heavy atom. The Morgan fingerprint density at radius 2 is 1.75 bits per heavy atom. The molecule has 1 aromatic rings. The molecule has 5 heteroatoms. The van der Waals surface area contributed by atoms with E-state index in [4.69, 9.17) is 0 Å². The fourth-order valence-electron chi connectivity index (χ4n) is 0.580. The van der Waals surface area contributed by atoms with Crippen molar-refractivity contribution in [3.05, 3.63) is 34.3 Å². The molecule has 0 saturated heterocycles. The van der Waals surface area contributed by atoms with E-state index < -0.39 is 0 Å². The van der Waals surface area contributed by atoms with Crippen LogP contribution >= 0.6 is 15.9 Å². The van der Waals surface area contributed by atoms with Gasteiger partial charge in [-0.15, -0.1) is 0 Å². The second-order valence-electron chi connectivity index (χ2n) is 1.67. The number of carbonyl (C=O) groups excluding carboxylic acids is 1. The van der Waals surface area contributed by atoms with Crippen LogP contribution in [-0.4, -0.2) is 95.0 Å². The first-order chi connectivity index (χ1) is 4.33. The van der Waals surface area contributed by atoms with Crippen molar-refractivity contribution in [2.75, 3.05) is 0 Å². The first kappa shape index (κ1) is 19.9. The van der Waals surface area contributed by atoms with Gasteiger partial charge in [0, 0.05) is 98.7 Å². The number of carbonyl (C=O) groups is 1. The van der Waals surface area contributed by atoms with Gasteiger partial charge in [0.05, 0.1) is 0 Å². The van der Waals surface area contributed by atoms with Crippen LogP contribution in [0.2, 0.25) is 0 Å². The maximum absolute atomic E-state index is 10.1. The van der Waals surface area contributed by atoms with E-state index in [0.717, 1.165) is 10.8 Å². The molecule has 3 radical (unpaired) electrons. The fourth-order valence-corrected chi connectivity index (χ4v) is 0.997. The van der Waals surface area contributed by atoms with Gasteiger partial charge in [0.25, 0.3) is 0 Å². The van der Waals surface area contributed by atoms with Crippen molar-refractivity contribution in [2.45, 2.75) is 0 Å². The third kappa shape index (κ3) is 7.74. The van der Waals surface area contributed by atoms with E-state index in [-0.39, 0.29) is 88.7 Å². The van der Waals surface area contributed by atoms with Gasteiger partial charge in [0.2, 0.25) is 0 Å². The van der Waals surface area contributed by atoms with Crippen LogP contribution in [0.4, 0.5) is 0 Å². The van der Waals surface area contributed by atoms with E-state index >= 15 is 0 Å². The first-order valence-corrected chi connectivity index (χ1v) is 3.33. The van der Waals surface area contributed by atoms with Crippen LogP contribution in [0.3, 0.4) is 0 Å². The maximum Gasteiger partial charge on any atom is 0.150 e. The van der Waals surface area contributed by atoms with Crippen molar-refractivity contribution >= 4 is 111 Å². The van der Waals surface area contributed by atoms with Gasteiger partial charge in [0.1, 0.15) is 6.29 Å². The molecule has 0 aromatic heterocycles. The standard InChI is InChI=1S/C7H5BrO.3Na/c8-7-3-1-2-6(4-7)5-9;;;/h1-5H;;;. The van der Waals surface area contributed by atoms with Crippen molar-refractivity contribution in [1.82, 2.24) is 0 Å². The van der Waals surface area contributed by atoms with E-state index in [9.17, 15) is 4.79 Å². The molecule has 49 valence electrons. The van der Waals surface area contributed by atoms with Gasteiger partial charge in [-0.1, -0.05) is 28.1 Å². The summed E-state index contributed by atoms with van der Waals surface area (Å²) in [5.74, 6) is 0. The minimum atomic E-state index is 0. The Balaban J connectivity index is -0.000000270. The fraction of sp³-hybridized carbons (Fsp3) is 0. The monoisotopic (exact) mass is 253 g/mol. The van der Waals surface area contributed by atoms with Crippen molar-refractivity contribution in [2.24, 2.45) is 0 Å². The first-order valence-electron chi connectivity index (χ1n) is 2.53. The van der Waals surface area contributed by atoms with Crippen LogP contribution < -0.4 is 0 Å². The molecule has 12 heavy (non-hydrogen) atoms. The summed E-state index contributed by atoms with van der Waals surface area (Å²) in [4.78, 5) is 10.1. The summed E-state index contributed by atoms with van der Waals surface area (Å²) in [6.45, 7) is 0. The van der Waals surface area contributed by atoms with E-state index in [2.05, 4.69) is 15.9 Å². The van der Waals surface area contributed by atoms with E-state index in [0.29, 0.717) is 5.56 Å². The number of aldehydes is 1. The van der Waals surface area contributed by atoms with E-state index in [1.54, 1.807) is 12.1 Å². The summed E-state index contributed by atoms with van der Waals surface area (Å²) in [6.07, 6.45) is 0.824. The Bertz CT molecular complexity index is 230. The van der Waals surface area contributed by atoms with Gasteiger partial charge < -0.3 is 0 Å². The molecule has 0 unspecified atom stereocenters. The molecular weight excluding hydrogens is 249 g/mol. The molecule has 0 atom stereocenters. The molecule has 0 N–H and O–H groups in total. The number of rotatable bonds is 1. The zero-order valence-corrected chi connectivity index (χ0v) is 15.3. The number of hydrogen-bond donors (Lipinski definition) is 0. The SMILES string of the molecule is O=Cc1cccc(Br)c1.[Na].[Na].[Na]. The van der Waals surface area contributed by atoms with Crippen LogP contribution in [0.1, 0.15) is 10.4 Å². The molecule has 0 bridgehead atoms. The summed E-state index contributed by atoms with van der Waals surface area (Å²) in [6, 6.07) is 7.24. The van der Waals surface area contributed by atoms with Crippen LogP contribution in [0, 0.1) is 0 Å². The molecule has 0 aliphatic carbocycles. The molecular formula is C7H5BrNa3O. The molecule has 1 rings (SSSR count). The minimum Gasteiger partial charge on any atom is -0.298 e. The molecule has 0 aliphatic rings. The van der Waals surface area contributed by atoms with Gasteiger partial charge in [-0.2, -0.15) is 0 Å². The third-order valence-electron chi connectivity index (χ3n) is 0.985. The summed E-state index contributed by atoms with van der Waals surface area (Å²) in [5, 5.41) is 0. The number of halogens is 1. The number of hydrogen-bond acceptors (Lipinski definition) is 1.